The van der Waals surface area contributed by atoms with E-state index in [4.69, 9.17) is 16.3 Å². The van der Waals surface area contributed by atoms with Crippen LogP contribution in [0.1, 0.15) is 24.0 Å². The van der Waals surface area contributed by atoms with Crippen LogP contribution in [0.25, 0.3) is 0 Å². The number of nitrogens with zero attached hydrogens (tertiary/aromatic N) is 1. The Morgan fingerprint density at radius 2 is 1.85 bits per heavy atom. The molecule has 0 radical (unpaired) electrons. The minimum absolute atomic E-state index is 0.0944. The number of hydrogen-bond acceptors (Lipinski definition) is 6. The highest BCUT2D eigenvalue weighted by atomic mass is 79.9. The van der Waals surface area contributed by atoms with Crippen molar-refractivity contribution in [2.75, 3.05) is 4.90 Å². The normalized spacial score (nSPS) is 26.9. The summed E-state index contributed by atoms with van der Waals surface area (Å²) < 4.78 is 6.10. The second-order valence-corrected chi connectivity index (χ2v) is 12.4. The van der Waals surface area contributed by atoms with Gasteiger partial charge in [-0.15, -0.1) is 0 Å². The number of carbonyl (C=O) groups excluding carboxylic acids is 4. The number of Topliss-reactive ketones (excluding diaryl/α,β-unsaturated/α-hetero) is 1. The monoisotopic (exact) mass is 631 g/mol. The molecule has 3 aliphatic carbocycles. The zero-order valence-electron chi connectivity index (χ0n) is 21.8. The number of fused-ring (bicyclic) bond motifs is 4. The Balaban J connectivity index is 1.33. The molecule has 206 valence electrons. The lowest BCUT2D eigenvalue weighted by Gasteiger charge is -2.43. The molecule has 9 heteroatoms. The van der Waals surface area contributed by atoms with Gasteiger partial charge in [0.1, 0.15) is 11.5 Å². The highest BCUT2D eigenvalue weighted by Crippen LogP contribution is 2.55. The average molecular weight is 633 g/mol. The third-order valence-corrected chi connectivity index (χ3v) is 9.89. The average Bonchev–Trinajstić information content (AvgIpc) is 3.21. The van der Waals surface area contributed by atoms with Gasteiger partial charge in [-0.2, -0.15) is 0 Å². The second kappa shape index (κ2) is 9.39. The molecular formula is C32H23BrClNO6. The molecule has 1 fully saturated rings. The van der Waals surface area contributed by atoms with E-state index in [0.717, 1.165) is 22.3 Å². The maximum atomic E-state index is 14.0. The summed E-state index contributed by atoms with van der Waals surface area (Å²) in [6.45, 7) is 1.85. The molecule has 2 aromatic rings. The van der Waals surface area contributed by atoms with Crippen LogP contribution in [0.4, 0.5) is 5.69 Å². The number of carbonyl (C=O) groups is 4. The number of hydrogen-bond donors (Lipinski definition) is 1. The fourth-order valence-corrected chi connectivity index (χ4v) is 7.61. The first kappa shape index (κ1) is 26.2. The molecule has 1 saturated heterocycles. The number of aromatic hydroxyl groups is 1. The standard InChI is InChI=1S/C32H23BrClNO6/c1-14-2-3-17(10-24(14)34)35-31(39)20-6-5-19-21(28(20)32(35)40)11-22-29(25(37)12-23(33)30(22)38)27(19)16-8-15-9-18(36)4-7-26(15)41-13-16/h2-5,7,9-10,12-13,20-21,27-28,36H,6,8,11H2,1H3/t20-,21+,27-,28-/m0/s1. The number of imide groups is 1. The Kier molecular flexibility index (Phi) is 5.99. The molecule has 0 bridgehead atoms. The van der Waals surface area contributed by atoms with Gasteiger partial charge in [0.15, 0.2) is 11.6 Å². The molecule has 0 spiro atoms. The Bertz CT molecular complexity index is 1750. The molecule has 0 unspecified atom stereocenters. The van der Waals surface area contributed by atoms with Gasteiger partial charge in [0, 0.05) is 40.1 Å². The highest BCUT2D eigenvalue weighted by Gasteiger charge is 2.57. The Hall–Kier alpha value is -3.75. The van der Waals surface area contributed by atoms with Crippen LogP contribution >= 0.6 is 27.5 Å². The van der Waals surface area contributed by atoms with Crippen LogP contribution in [-0.4, -0.2) is 28.5 Å². The van der Waals surface area contributed by atoms with Crippen molar-refractivity contribution in [3.8, 4) is 11.5 Å². The first-order chi connectivity index (χ1) is 19.6. The van der Waals surface area contributed by atoms with Crippen molar-refractivity contribution in [2.45, 2.75) is 26.2 Å². The molecule has 4 atom stereocenters. The van der Waals surface area contributed by atoms with Crippen LogP contribution in [0.5, 0.6) is 11.5 Å². The van der Waals surface area contributed by atoms with Crippen LogP contribution in [0.15, 0.2) is 81.6 Å². The molecule has 7 nitrogen and oxygen atoms in total. The van der Waals surface area contributed by atoms with E-state index >= 15 is 0 Å². The maximum Gasteiger partial charge on any atom is 0.238 e. The lowest BCUT2D eigenvalue weighted by Crippen LogP contribution is -2.41. The largest absolute Gasteiger partial charge is 0.508 e. The molecule has 7 rings (SSSR count). The number of phenolic OH excluding ortho intramolecular Hbond substituents is 1. The van der Waals surface area contributed by atoms with Crippen LogP contribution in [0.2, 0.25) is 5.02 Å². The second-order valence-electron chi connectivity index (χ2n) is 11.1. The first-order valence-electron chi connectivity index (χ1n) is 13.3. The molecule has 1 N–H and O–H groups in total. The zero-order chi connectivity index (χ0) is 28.7. The summed E-state index contributed by atoms with van der Waals surface area (Å²) in [5, 5.41) is 10.5. The van der Waals surface area contributed by atoms with Gasteiger partial charge in [-0.25, -0.2) is 4.90 Å². The van der Waals surface area contributed by atoms with Gasteiger partial charge in [0.05, 0.1) is 28.3 Å². The molecule has 2 aromatic carbocycles. The number of rotatable bonds is 2. The number of phenols is 1. The minimum Gasteiger partial charge on any atom is -0.508 e. The van der Waals surface area contributed by atoms with Crippen molar-refractivity contribution < 1.29 is 29.0 Å². The fourth-order valence-electron chi connectivity index (χ4n) is 6.99. The van der Waals surface area contributed by atoms with Crippen molar-refractivity contribution >= 4 is 56.6 Å². The van der Waals surface area contributed by atoms with Crippen LogP contribution in [0.3, 0.4) is 0 Å². The molecule has 2 amide bonds. The van der Waals surface area contributed by atoms with E-state index in [1.807, 2.05) is 13.0 Å². The van der Waals surface area contributed by atoms with Gasteiger partial charge in [-0.05, 0) is 83.1 Å². The van der Waals surface area contributed by atoms with E-state index in [1.165, 1.54) is 11.0 Å². The van der Waals surface area contributed by atoms with Gasteiger partial charge < -0.3 is 9.84 Å². The third kappa shape index (κ3) is 3.91. The van der Waals surface area contributed by atoms with Crippen molar-refractivity contribution in [3.05, 3.63) is 97.7 Å². The smallest absolute Gasteiger partial charge is 0.238 e. The molecule has 0 saturated carbocycles. The number of aryl methyl sites for hydroxylation is 1. The summed E-state index contributed by atoms with van der Waals surface area (Å²) in [5.41, 5.74) is 4.35. The number of ketones is 2. The maximum absolute atomic E-state index is 14.0. The van der Waals surface area contributed by atoms with Crippen LogP contribution in [0, 0.1) is 30.6 Å². The van der Waals surface area contributed by atoms with Crippen LogP contribution < -0.4 is 9.64 Å². The quantitative estimate of drug-likeness (QED) is 0.260. The van der Waals surface area contributed by atoms with Crippen molar-refractivity contribution in [1.82, 2.24) is 0 Å². The van der Waals surface area contributed by atoms with Gasteiger partial charge in [0.25, 0.3) is 0 Å². The van der Waals surface area contributed by atoms with Gasteiger partial charge in [-0.1, -0.05) is 29.3 Å². The van der Waals surface area contributed by atoms with E-state index in [9.17, 15) is 24.3 Å². The van der Waals surface area contributed by atoms with Crippen LogP contribution in [-0.2, 0) is 25.6 Å². The number of allylic oxidation sites excluding steroid dienone is 7. The fraction of sp³-hybridized carbons (Fsp3) is 0.250. The third-order valence-electron chi connectivity index (χ3n) is 8.89. The SMILES string of the molecule is Cc1ccc(N2C(=O)[C@H]3[C@H](CC=C4[C@H](C5=COc6ccc(O)cc6C5)C5=C(C[C@H]43)C(=O)C(Br)=CC5=O)C2=O)cc1Cl. The Labute approximate surface area is 248 Å². The van der Waals surface area contributed by atoms with Crippen molar-refractivity contribution in [3.63, 3.8) is 0 Å². The Morgan fingerprint density at radius 1 is 1.05 bits per heavy atom. The molecule has 41 heavy (non-hydrogen) atoms. The number of ether oxygens (including phenoxy) is 1. The molecule has 5 aliphatic rings. The lowest BCUT2D eigenvalue weighted by atomic mass is 9.59. The van der Waals surface area contributed by atoms with E-state index in [0.29, 0.717) is 40.4 Å². The Morgan fingerprint density at radius 3 is 2.63 bits per heavy atom. The number of benzene rings is 2. The van der Waals surface area contributed by atoms with E-state index < -0.39 is 23.7 Å². The number of anilines is 1. The molecular weight excluding hydrogens is 610 g/mol. The summed E-state index contributed by atoms with van der Waals surface area (Å²) in [6.07, 6.45) is 5.79. The molecule has 2 heterocycles. The highest BCUT2D eigenvalue weighted by molar-refractivity contribution is 9.12. The zero-order valence-corrected chi connectivity index (χ0v) is 24.2. The number of amides is 2. The van der Waals surface area contributed by atoms with Crippen molar-refractivity contribution in [2.24, 2.45) is 23.7 Å². The summed E-state index contributed by atoms with van der Waals surface area (Å²) in [7, 11) is 0. The van der Waals surface area contributed by atoms with Gasteiger partial charge >= 0.3 is 0 Å². The summed E-state index contributed by atoms with van der Waals surface area (Å²) >= 11 is 9.60. The van der Waals surface area contributed by atoms with E-state index in [2.05, 4.69) is 15.9 Å². The predicted octanol–water partition coefficient (Wildman–Crippen LogP) is 5.67. The topological polar surface area (TPSA) is 101 Å². The van der Waals surface area contributed by atoms with E-state index in [1.54, 1.807) is 42.7 Å². The summed E-state index contributed by atoms with van der Waals surface area (Å²) in [6, 6.07) is 9.97. The lowest BCUT2D eigenvalue weighted by molar-refractivity contribution is -0.123. The summed E-state index contributed by atoms with van der Waals surface area (Å²) in [4.78, 5) is 55.8. The first-order valence-corrected chi connectivity index (χ1v) is 14.5. The minimum atomic E-state index is -0.687. The molecule has 2 aliphatic heterocycles. The van der Waals surface area contributed by atoms with Crippen molar-refractivity contribution in [1.29, 1.82) is 0 Å². The predicted molar refractivity (Wildman–Crippen MR) is 155 cm³/mol. The van der Waals surface area contributed by atoms with Gasteiger partial charge in [-0.3, -0.25) is 19.2 Å². The summed E-state index contributed by atoms with van der Waals surface area (Å²) in [5.74, 6) is -2.81. The number of halogens is 2. The molecule has 0 aromatic heterocycles. The van der Waals surface area contributed by atoms with Gasteiger partial charge in [0.2, 0.25) is 11.8 Å². The van der Waals surface area contributed by atoms with E-state index in [-0.39, 0.29) is 40.0 Å².